The number of aromatic nitrogens is 2. The first-order valence-corrected chi connectivity index (χ1v) is 7.71. The standard InChI is InChI=1S/C14H10ClFN4O2S/c15-13-10(20-5-6-23-14(20)18-13)7-17-19-12(21)8-22-11-4-2-1-3-9(11)16/h1-7H,8H2,(H,19,21)/b17-7-. The Balaban J connectivity index is 1.57. The number of imidazole rings is 1. The zero-order valence-corrected chi connectivity index (χ0v) is 13.1. The molecule has 0 saturated carbocycles. The van der Waals surface area contributed by atoms with Gasteiger partial charge in [-0.05, 0) is 12.1 Å². The Morgan fingerprint density at radius 1 is 1.52 bits per heavy atom. The summed E-state index contributed by atoms with van der Waals surface area (Å²) in [6.45, 7) is -0.355. The molecule has 2 aromatic heterocycles. The van der Waals surface area contributed by atoms with Crippen LogP contribution in [0.5, 0.6) is 5.75 Å². The van der Waals surface area contributed by atoms with Crippen molar-refractivity contribution >= 4 is 40.0 Å². The molecule has 9 heteroatoms. The maximum Gasteiger partial charge on any atom is 0.277 e. The number of nitrogens with one attached hydrogen (secondary N) is 1. The van der Waals surface area contributed by atoms with Crippen LogP contribution in [0.25, 0.3) is 4.96 Å². The molecule has 0 radical (unpaired) electrons. The van der Waals surface area contributed by atoms with E-state index in [1.165, 1.54) is 35.8 Å². The minimum atomic E-state index is -0.533. The van der Waals surface area contributed by atoms with Gasteiger partial charge >= 0.3 is 0 Å². The van der Waals surface area contributed by atoms with E-state index in [4.69, 9.17) is 16.3 Å². The Labute approximate surface area is 139 Å². The van der Waals surface area contributed by atoms with E-state index in [0.29, 0.717) is 5.69 Å². The summed E-state index contributed by atoms with van der Waals surface area (Å²) in [7, 11) is 0. The van der Waals surface area contributed by atoms with Crippen molar-refractivity contribution in [2.75, 3.05) is 6.61 Å². The molecular formula is C14H10ClFN4O2S. The summed E-state index contributed by atoms with van der Waals surface area (Å²) >= 11 is 7.42. The number of fused-ring (bicyclic) bond motifs is 1. The molecule has 3 rings (SSSR count). The maximum absolute atomic E-state index is 13.3. The van der Waals surface area contributed by atoms with Crippen LogP contribution in [0, 0.1) is 5.82 Å². The fourth-order valence-corrected chi connectivity index (χ4v) is 2.79. The number of nitrogens with zero attached hydrogens (tertiary/aromatic N) is 3. The molecule has 0 aliphatic heterocycles. The van der Waals surface area contributed by atoms with E-state index in [0.717, 1.165) is 4.96 Å². The lowest BCUT2D eigenvalue weighted by Gasteiger charge is -2.05. The predicted octanol–water partition coefficient (Wildman–Crippen LogP) is 2.72. The number of benzene rings is 1. The van der Waals surface area contributed by atoms with Crippen molar-refractivity contribution < 1.29 is 13.9 Å². The quantitative estimate of drug-likeness (QED) is 0.567. The first-order valence-electron chi connectivity index (χ1n) is 6.45. The maximum atomic E-state index is 13.3. The van der Waals surface area contributed by atoms with Gasteiger partial charge in [-0.25, -0.2) is 14.8 Å². The molecule has 1 aromatic carbocycles. The second kappa shape index (κ2) is 6.76. The molecule has 0 aliphatic carbocycles. The van der Waals surface area contributed by atoms with Crippen LogP contribution < -0.4 is 10.2 Å². The fraction of sp³-hybridized carbons (Fsp3) is 0.0714. The third-order valence-electron chi connectivity index (χ3n) is 2.83. The van der Waals surface area contributed by atoms with Crippen molar-refractivity contribution in [2.24, 2.45) is 5.10 Å². The van der Waals surface area contributed by atoms with Crippen molar-refractivity contribution in [2.45, 2.75) is 0 Å². The minimum Gasteiger partial charge on any atom is -0.481 e. The van der Waals surface area contributed by atoms with Crippen LogP contribution in [0.1, 0.15) is 5.69 Å². The number of rotatable bonds is 5. The summed E-state index contributed by atoms with van der Waals surface area (Å²) in [4.78, 5) is 16.5. The molecule has 1 N–H and O–H groups in total. The molecule has 0 unspecified atom stereocenters. The molecule has 3 aromatic rings. The number of ether oxygens (including phenoxy) is 1. The summed E-state index contributed by atoms with van der Waals surface area (Å²) in [5.41, 5.74) is 2.84. The fourth-order valence-electron chi connectivity index (χ4n) is 1.80. The van der Waals surface area contributed by atoms with Crippen molar-refractivity contribution in [1.29, 1.82) is 0 Å². The van der Waals surface area contributed by atoms with Crippen LogP contribution in [0.4, 0.5) is 4.39 Å². The van der Waals surface area contributed by atoms with E-state index in [1.54, 1.807) is 16.7 Å². The highest BCUT2D eigenvalue weighted by molar-refractivity contribution is 7.15. The molecular weight excluding hydrogens is 343 g/mol. The number of para-hydroxylation sites is 1. The van der Waals surface area contributed by atoms with Gasteiger partial charge in [0.1, 0.15) is 5.69 Å². The number of carbonyl (C=O) groups excluding carboxylic acids is 1. The van der Waals surface area contributed by atoms with Gasteiger partial charge in [-0.3, -0.25) is 9.20 Å². The molecule has 6 nitrogen and oxygen atoms in total. The van der Waals surface area contributed by atoms with Crippen LogP contribution in [0.3, 0.4) is 0 Å². The minimum absolute atomic E-state index is 0.00504. The molecule has 1 amide bonds. The van der Waals surface area contributed by atoms with Gasteiger partial charge in [0, 0.05) is 11.6 Å². The third kappa shape index (κ3) is 3.49. The number of halogens is 2. The van der Waals surface area contributed by atoms with Gasteiger partial charge in [0.15, 0.2) is 28.3 Å². The average Bonchev–Trinajstić information content (AvgIpc) is 3.09. The SMILES string of the molecule is O=C(COc1ccccc1F)N/N=C\c1c(Cl)nc2sccn12. The number of hydrazone groups is 1. The molecule has 0 fully saturated rings. The topological polar surface area (TPSA) is 68.0 Å². The van der Waals surface area contributed by atoms with E-state index < -0.39 is 11.7 Å². The normalized spacial score (nSPS) is 11.2. The number of hydrogen-bond donors (Lipinski definition) is 1. The van der Waals surface area contributed by atoms with Crippen molar-refractivity contribution in [3.8, 4) is 5.75 Å². The van der Waals surface area contributed by atoms with Gasteiger partial charge in [0.25, 0.3) is 5.91 Å². The van der Waals surface area contributed by atoms with Crippen LogP contribution in [0.15, 0.2) is 40.9 Å². The highest BCUT2D eigenvalue weighted by Crippen LogP contribution is 2.19. The Kier molecular flexibility index (Phi) is 4.54. The van der Waals surface area contributed by atoms with Crippen molar-refractivity contribution in [3.05, 3.63) is 52.5 Å². The van der Waals surface area contributed by atoms with E-state index in [9.17, 15) is 9.18 Å². The number of amides is 1. The van der Waals surface area contributed by atoms with Crippen molar-refractivity contribution in [3.63, 3.8) is 0 Å². The van der Waals surface area contributed by atoms with E-state index in [1.807, 2.05) is 5.38 Å². The van der Waals surface area contributed by atoms with Gasteiger partial charge in [0.2, 0.25) is 0 Å². The zero-order chi connectivity index (χ0) is 16.2. The summed E-state index contributed by atoms with van der Waals surface area (Å²) in [6.07, 6.45) is 3.18. The lowest BCUT2D eigenvalue weighted by Crippen LogP contribution is -2.24. The Morgan fingerprint density at radius 2 is 2.35 bits per heavy atom. The molecule has 0 atom stereocenters. The molecule has 2 heterocycles. The van der Waals surface area contributed by atoms with E-state index in [-0.39, 0.29) is 17.5 Å². The van der Waals surface area contributed by atoms with Crippen LogP contribution in [-0.4, -0.2) is 28.1 Å². The van der Waals surface area contributed by atoms with Crippen molar-refractivity contribution in [1.82, 2.24) is 14.8 Å². The molecule has 23 heavy (non-hydrogen) atoms. The smallest absolute Gasteiger partial charge is 0.277 e. The third-order valence-corrected chi connectivity index (χ3v) is 3.86. The predicted molar refractivity (Wildman–Crippen MR) is 85.7 cm³/mol. The van der Waals surface area contributed by atoms with Crippen LogP contribution in [-0.2, 0) is 4.79 Å². The summed E-state index contributed by atoms with van der Waals surface area (Å²) < 4.78 is 20.1. The first kappa shape index (κ1) is 15.4. The Bertz CT molecular complexity index is 877. The largest absolute Gasteiger partial charge is 0.481 e. The monoisotopic (exact) mass is 352 g/mol. The van der Waals surface area contributed by atoms with Crippen LogP contribution in [0.2, 0.25) is 5.15 Å². The Morgan fingerprint density at radius 3 is 3.17 bits per heavy atom. The summed E-state index contributed by atoms with van der Waals surface area (Å²) in [5, 5.41) is 5.95. The summed E-state index contributed by atoms with van der Waals surface area (Å²) in [5.74, 6) is -1.05. The van der Waals surface area contributed by atoms with Gasteiger partial charge in [-0.1, -0.05) is 23.7 Å². The van der Waals surface area contributed by atoms with Crippen LogP contribution >= 0.6 is 22.9 Å². The molecule has 0 saturated heterocycles. The van der Waals surface area contributed by atoms with Gasteiger partial charge in [0.05, 0.1) is 6.21 Å². The average molecular weight is 353 g/mol. The molecule has 0 bridgehead atoms. The second-order valence-corrected chi connectivity index (χ2v) is 5.59. The van der Waals surface area contributed by atoms with E-state index >= 15 is 0 Å². The van der Waals surface area contributed by atoms with Gasteiger partial charge in [-0.2, -0.15) is 5.10 Å². The highest BCUT2D eigenvalue weighted by Gasteiger charge is 2.09. The molecule has 118 valence electrons. The number of hydrogen-bond acceptors (Lipinski definition) is 5. The van der Waals surface area contributed by atoms with Gasteiger partial charge < -0.3 is 4.74 Å². The highest BCUT2D eigenvalue weighted by atomic mass is 35.5. The molecule has 0 aliphatic rings. The first-order chi connectivity index (χ1) is 11.1. The lowest BCUT2D eigenvalue weighted by molar-refractivity contribution is -0.123. The lowest BCUT2D eigenvalue weighted by atomic mass is 10.3. The zero-order valence-electron chi connectivity index (χ0n) is 11.6. The summed E-state index contributed by atoms with van der Waals surface area (Å²) in [6, 6.07) is 5.83. The molecule has 0 spiro atoms. The van der Waals surface area contributed by atoms with Gasteiger partial charge in [-0.15, -0.1) is 11.3 Å². The second-order valence-electron chi connectivity index (χ2n) is 4.36. The Hall–Kier alpha value is -2.45. The number of thiazole rings is 1. The number of carbonyl (C=O) groups is 1. The van der Waals surface area contributed by atoms with E-state index in [2.05, 4.69) is 15.5 Å².